The largest absolute Gasteiger partial charge is 0.341 e. The smallest absolute Gasteiger partial charge is 0.239 e. The molecule has 0 bridgehead atoms. The molecule has 1 aliphatic heterocycles. The molecule has 1 fully saturated rings. The van der Waals surface area contributed by atoms with E-state index in [0.29, 0.717) is 6.54 Å². The lowest BCUT2D eigenvalue weighted by Crippen LogP contribution is -2.48. The molecule has 122 valence electrons. The second kappa shape index (κ2) is 9.59. The summed E-state index contributed by atoms with van der Waals surface area (Å²) in [6, 6.07) is 10.2. The van der Waals surface area contributed by atoms with Gasteiger partial charge in [0.05, 0.1) is 6.04 Å². The minimum absolute atomic E-state index is 0.0788. The van der Waals surface area contributed by atoms with Crippen LogP contribution in [0.4, 0.5) is 0 Å². The average molecular weight is 303 g/mol. The van der Waals surface area contributed by atoms with Gasteiger partial charge in [-0.2, -0.15) is 0 Å². The van der Waals surface area contributed by atoms with E-state index < -0.39 is 0 Å². The molecule has 1 saturated heterocycles. The van der Waals surface area contributed by atoms with Crippen molar-refractivity contribution in [1.82, 2.24) is 10.2 Å². The van der Waals surface area contributed by atoms with Crippen LogP contribution in [0.15, 0.2) is 30.3 Å². The minimum Gasteiger partial charge on any atom is -0.341 e. The minimum atomic E-state index is -0.0788. The molecule has 1 atom stereocenters. The number of unbranched alkanes of at least 4 members (excludes halogenated alkanes) is 1. The van der Waals surface area contributed by atoms with Gasteiger partial charge in [-0.25, -0.2) is 0 Å². The molecular weight excluding hydrogens is 274 g/mol. The van der Waals surface area contributed by atoms with Gasteiger partial charge in [-0.3, -0.25) is 4.79 Å². The molecule has 1 heterocycles. The quantitative estimate of drug-likeness (QED) is 0.724. The second-order valence-electron chi connectivity index (χ2n) is 6.09. The lowest BCUT2D eigenvalue weighted by atomic mass is 10.0. The van der Waals surface area contributed by atoms with E-state index in [1.807, 2.05) is 23.1 Å². The molecule has 1 aromatic carbocycles. The maximum absolute atomic E-state index is 12.7. The van der Waals surface area contributed by atoms with E-state index in [2.05, 4.69) is 17.4 Å². The number of hydrogen-bond acceptors (Lipinski definition) is 3. The van der Waals surface area contributed by atoms with E-state index in [4.69, 9.17) is 5.73 Å². The number of nitrogens with one attached hydrogen (secondary N) is 1. The van der Waals surface area contributed by atoms with Crippen molar-refractivity contribution in [3.8, 4) is 0 Å². The number of nitrogens with zero attached hydrogens (tertiary/aromatic N) is 1. The van der Waals surface area contributed by atoms with Crippen molar-refractivity contribution >= 4 is 5.91 Å². The number of likely N-dealkylation sites (tertiary alicyclic amines) is 1. The third kappa shape index (κ3) is 5.43. The molecule has 1 aromatic rings. The predicted molar refractivity (Wildman–Crippen MR) is 90.4 cm³/mol. The number of rotatable bonds is 8. The normalized spacial score (nSPS) is 16.5. The third-order valence-corrected chi connectivity index (χ3v) is 4.31. The van der Waals surface area contributed by atoms with E-state index in [-0.39, 0.29) is 11.9 Å². The molecule has 22 heavy (non-hydrogen) atoms. The first-order valence-corrected chi connectivity index (χ1v) is 8.57. The first kappa shape index (κ1) is 17.0. The first-order chi connectivity index (χ1) is 10.8. The lowest BCUT2D eigenvalue weighted by molar-refractivity contribution is -0.134. The van der Waals surface area contributed by atoms with Crippen LogP contribution in [-0.2, 0) is 11.3 Å². The maximum Gasteiger partial charge on any atom is 0.239 e. The van der Waals surface area contributed by atoms with E-state index in [0.717, 1.165) is 51.7 Å². The Labute approximate surface area is 134 Å². The zero-order valence-electron chi connectivity index (χ0n) is 13.5. The summed E-state index contributed by atoms with van der Waals surface area (Å²) in [4.78, 5) is 14.8. The Kier molecular flexibility index (Phi) is 7.40. The van der Waals surface area contributed by atoms with Crippen LogP contribution in [0.1, 0.15) is 44.1 Å². The Morgan fingerprint density at radius 3 is 2.55 bits per heavy atom. The molecule has 1 aliphatic rings. The van der Waals surface area contributed by atoms with Gasteiger partial charge in [0.1, 0.15) is 0 Å². The number of piperidine rings is 1. The monoisotopic (exact) mass is 303 g/mol. The van der Waals surface area contributed by atoms with Gasteiger partial charge in [0.2, 0.25) is 5.91 Å². The molecule has 2 rings (SSSR count). The lowest BCUT2D eigenvalue weighted by Gasteiger charge is -2.31. The molecule has 4 heteroatoms. The van der Waals surface area contributed by atoms with Crippen molar-refractivity contribution in [1.29, 1.82) is 0 Å². The number of benzene rings is 1. The number of hydrogen-bond donors (Lipinski definition) is 2. The number of nitrogens with two attached hydrogens (primary N) is 1. The van der Waals surface area contributed by atoms with Crippen LogP contribution < -0.4 is 11.1 Å². The fourth-order valence-electron chi connectivity index (χ4n) is 2.98. The van der Waals surface area contributed by atoms with Gasteiger partial charge in [-0.05, 0) is 44.2 Å². The van der Waals surface area contributed by atoms with Crippen molar-refractivity contribution in [2.75, 3.05) is 19.6 Å². The molecule has 0 saturated carbocycles. The molecule has 3 N–H and O–H groups in total. The average Bonchev–Trinajstić information content (AvgIpc) is 2.59. The van der Waals surface area contributed by atoms with Crippen molar-refractivity contribution < 1.29 is 4.79 Å². The fraction of sp³-hybridized carbons (Fsp3) is 0.611. The van der Waals surface area contributed by atoms with E-state index in [9.17, 15) is 4.79 Å². The van der Waals surface area contributed by atoms with Crippen LogP contribution in [0.2, 0.25) is 0 Å². The summed E-state index contributed by atoms with van der Waals surface area (Å²) in [6.07, 6.45) is 6.39. The van der Waals surface area contributed by atoms with Gasteiger partial charge >= 0.3 is 0 Å². The topological polar surface area (TPSA) is 58.4 Å². The molecule has 1 amide bonds. The predicted octanol–water partition coefficient (Wildman–Crippen LogP) is 2.29. The van der Waals surface area contributed by atoms with Gasteiger partial charge in [0.15, 0.2) is 0 Å². The number of carbonyl (C=O) groups is 1. The Hall–Kier alpha value is -1.39. The van der Waals surface area contributed by atoms with Gasteiger partial charge < -0.3 is 16.0 Å². The molecule has 0 radical (unpaired) electrons. The van der Waals surface area contributed by atoms with E-state index in [1.54, 1.807) is 0 Å². The summed E-state index contributed by atoms with van der Waals surface area (Å²) in [5.74, 6) is 0.271. The van der Waals surface area contributed by atoms with Crippen LogP contribution in [0.3, 0.4) is 0 Å². The summed E-state index contributed by atoms with van der Waals surface area (Å²) in [5.41, 5.74) is 6.80. The maximum atomic E-state index is 12.7. The number of carbonyl (C=O) groups excluding carboxylic acids is 1. The van der Waals surface area contributed by atoms with Crippen molar-refractivity contribution in [2.45, 2.75) is 51.1 Å². The molecule has 4 nitrogen and oxygen atoms in total. The highest BCUT2D eigenvalue weighted by Gasteiger charge is 2.24. The highest BCUT2D eigenvalue weighted by molar-refractivity contribution is 5.82. The van der Waals surface area contributed by atoms with Crippen molar-refractivity contribution in [3.05, 3.63) is 35.9 Å². The summed E-state index contributed by atoms with van der Waals surface area (Å²) in [5, 5.41) is 3.46. The first-order valence-electron chi connectivity index (χ1n) is 8.57. The highest BCUT2D eigenvalue weighted by Crippen LogP contribution is 2.13. The standard InChI is InChI=1S/C18H29N3O/c19-12-6-5-11-17(18(22)21-13-7-2-8-14-21)20-15-16-9-3-1-4-10-16/h1,3-4,9-10,17,20H,2,5-8,11-15,19H2/t17-/m0/s1. The van der Waals surface area contributed by atoms with Crippen molar-refractivity contribution in [2.24, 2.45) is 5.73 Å². The van der Waals surface area contributed by atoms with Gasteiger partial charge in [0.25, 0.3) is 0 Å². The second-order valence-corrected chi connectivity index (χ2v) is 6.09. The van der Waals surface area contributed by atoms with Crippen molar-refractivity contribution in [3.63, 3.8) is 0 Å². The fourth-order valence-corrected chi connectivity index (χ4v) is 2.98. The Bertz CT molecular complexity index is 429. The summed E-state index contributed by atoms with van der Waals surface area (Å²) in [7, 11) is 0. The Balaban J connectivity index is 1.90. The summed E-state index contributed by atoms with van der Waals surface area (Å²) < 4.78 is 0. The van der Waals surface area contributed by atoms with Crippen LogP contribution in [0.5, 0.6) is 0 Å². The van der Waals surface area contributed by atoms with Crippen LogP contribution in [-0.4, -0.2) is 36.5 Å². The molecule has 0 aromatic heterocycles. The summed E-state index contributed by atoms with van der Waals surface area (Å²) >= 11 is 0. The van der Waals surface area contributed by atoms with Gasteiger partial charge in [-0.1, -0.05) is 36.8 Å². The highest BCUT2D eigenvalue weighted by atomic mass is 16.2. The van der Waals surface area contributed by atoms with Gasteiger partial charge in [-0.15, -0.1) is 0 Å². The van der Waals surface area contributed by atoms with E-state index in [1.165, 1.54) is 12.0 Å². The van der Waals surface area contributed by atoms with Crippen LogP contribution in [0.25, 0.3) is 0 Å². The van der Waals surface area contributed by atoms with E-state index >= 15 is 0 Å². The third-order valence-electron chi connectivity index (χ3n) is 4.31. The number of amides is 1. The zero-order valence-corrected chi connectivity index (χ0v) is 13.5. The Morgan fingerprint density at radius 2 is 1.86 bits per heavy atom. The van der Waals surface area contributed by atoms with Crippen LogP contribution >= 0.6 is 0 Å². The molecule has 0 unspecified atom stereocenters. The molecular formula is C18H29N3O. The van der Waals surface area contributed by atoms with Crippen LogP contribution in [0, 0.1) is 0 Å². The Morgan fingerprint density at radius 1 is 1.14 bits per heavy atom. The molecule has 0 aliphatic carbocycles. The summed E-state index contributed by atoms with van der Waals surface area (Å²) in [6.45, 7) is 3.27. The molecule has 0 spiro atoms. The van der Waals surface area contributed by atoms with Gasteiger partial charge in [0, 0.05) is 19.6 Å². The SMILES string of the molecule is NCCCC[C@H](NCc1ccccc1)C(=O)N1CCCCC1. The zero-order chi connectivity index (χ0) is 15.6.